The van der Waals surface area contributed by atoms with Crippen LogP contribution in [0.4, 0.5) is 4.79 Å². The highest BCUT2D eigenvalue weighted by molar-refractivity contribution is 5.75. The second-order valence-electron chi connectivity index (χ2n) is 6.93. The Morgan fingerprint density at radius 1 is 1.33 bits per heavy atom. The van der Waals surface area contributed by atoms with Crippen LogP contribution in [0, 0.1) is 0 Å². The molecule has 0 aromatic rings. The number of amides is 2. The van der Waals surface area contributed by atoms with E-state index in [2.05, 4.69) is 33.0 Å². The van der Waals surface area contributed by atoms with E-state index in [-0.39, 0.29) is 23.2 Å². The van der Waals surface area contributed by atoms with Gasteiger partial charge in [-0.1, -0.05) is 6.92 Å². The van der Waals surface area contributed by atoms with Crippen molar-refractivity contribution in [2.24, 2.45) is 0 Å². The maximum absolute atomic E-state index is 12.6. The first kappa shape index (κ1) is 18.2. The summed E-state index contributed by atoms with van der Waals surface area (Å²) in [5, 5.41) is 3.22. The Labute approximate surface area is 129 Å². The molecule has 1 heterocycles. The Morgan fingerprint density at radius 2 is 2.00 bits per heavy atom. The van der Waals surface area contributed by atoms with E-state index in [4.69, 9.17) is 9.47 Å². The third-order valence-electron chi connectivity index (χ3n) is 4.55. The van der Waals surface area contributed by atoms with E-state index in [1.807, 2.05) is 4.90 Å². The number of likely N-dealkylation sites (tertiary alicyclic amines) is 1. The average Bonchev–Trinajstić information content (AvgIpc) is 2.87. The number of carbonyl (C=O) groups is 1. The highest BCUT2D eigenvalue weighted by Gasteiger charge is 2.36. The van der Waals surface area contributed by atoms with Gasteiger partial charge in [0.05, 0.1) is 18.2 Å². The lowest BCUT2D eigenvalue weighted by Gasteiger charge is -2.38. The molecule has 1 aliphatic heterocycles. The Hall–Kier alpha value is -0.810. The summed E-state index contributed by atoms with van der Waals surface area (Å²) in [6.07, 6.45) is 3.72. The Balaban J connectivity index is 2.69. The van der Waals surface area contributed by atoms with Crippen molar-refractivity contribution in [3.05, 3.63) is 0 Å². The van der Waals surface area contributed by atoms with Crippen molar-refractivity contribution in [3.8, 4) is 0 Å². The molecule has 0 aromatic carbocycles. The van der Waals surface area contributed by atoms with Crippen molar-refractivity contribution < 1.29 is 14.3 Å². The fraction of sp³-hybridized carbons (Fsp3) is 0.938. The molecule has 0 radical (unpaired) electrons. The van der Waals surface area contributed by atoms with E-state index in [1.165, 1.54) is 0 Å². The molecule has 2 amide bonds. The van der Waals surface area contributed by atoms with Gasteiger partial charge in [-0.3, -0.25) is 0 Å². The minimum Gasteiger partial charge on any atom is -0.383 e. The number of urea groups is 1. The minimum absolute atomic E-state index is 0.0193. The molecule has 2 atom stereocenters. The predicted molar refractivity (Wildman–Crippen MR) is 84.5 cm³/mol. The third-order valence-corrected chi connectivity index (χ3v) is 4.55. The van der Waals surface area contributed by atoms with Crippen LogP contribution in [0.15, 0.2) is 0 Å². The first-order valence-corrected chi connectivity index (χ1v) is 7.90. The summed E-state index contributed by atoms with van der Waals surface area (Å²) >= 11 is 0. The highest BCUT2D eigenvalue weighted by Crippen LogP contribution is 2.27. The molecule has 2 unspecified atom stereocenters. The number of methoxy groups -OCH3 is 2. The van der Waals surface area contributed by atoms with E-state index < -0.39 is 0 Å². The minimum atomic E-state index is -0.267. The monoisotopic (exact) mass is 300 g/mol. The molecule has 1 rings (SSSR count). The number of hydrogen-bond acceptors (Lipinski definition) is 3. The summed E-state index contributed by atoms with van der Waals surface area (Å²) in [4.78, 5) is 14.5. The molecule has 0 aliphatic carbocycles. The molecular formula is C16H32N2O3. The first-order valence-electron chi connectivity index (χ1n) is 7.90. The van der Waals surface area contributed by atoms with Gasteiger partial charge in [-0.25, -0.2) is 4.79 Å². The number of hydrogen-bond donors (Lipinski definition) is 1. The molecule has 1 N–H and O–H groups in total. The van der Waals surface area contributed by atoms with Crippen molar-refractivity contribution in [3.63, 3.8) is 0 Å². The van der Waals surface area contributed by atoms with E-state index >= 15 is 0 Å². The van der Waals surface area contributed by atoms with Gasteiger partial charge in [0.2, 0.25) is 0 Å². The number of nitrogens with zero attached hydrogens (tertiary/aromatic N) is 1. The van der Waals surface area contributed by atoms with Gasteiger partial charge < -0.3 is 19.7 Å². The van der Waals surface area contributed by atoms with Gasteiger partial charge in [0.1, 0.15) is 0 Å². The van der Waals surface area contributed by atoms with Gasteiger partial charge in [0.15, 0.2) is 0 Å². The van der Waals surface area contributed by atoms with Gasteiger partial charge >= 0.3 is 6.03 Å². The molecule has 0 aromatic heterocycles. The van der Waals surface area contributed by atoms with Crippen LogP contribution in [0.3, 0.4) is 0 Å². The van der Waals surface area contributed by atoms with Crippen molar-refractivity contribution in [2.45, 2.75) is 70.6 Å². The van der Waals surface area contributed by atoms with E-state index in [0.717, 1.165) is 32.2 Å². The smallest absolute Gasteiger partial charge is 0.318 e. The zero-order valence-electron chi connectivity index (χ0n) is 14.5. The predicted octanol–water partition coefficient (Wildman–Crippen LogP) is 2.79. The third kappa shape index (κ3) is 5.15. The van der Waals surface area contributed by atoms with Crippen LogP contribution in [0.5, 0.6) is 0 Å². The molecule has 1 fully saturated rings. The molecule has 0 spiro atoms. The van der Waals surface area contributed by atoms with Crippen molar-refractivity contribution >= 4 is 6.03 Å². The molecule has 5 heteroatoms. The Morgan fingerprint density at radius 3 is 2.52 bits per heavy atom. The lowest BCUT2D eigenvalue weighted by Crippen LogP contribution is -2.55. The number of carbonyl (C=O) groups excluding carboxylic acids is 1. The Kier molecular flexibility index (Phi) is 6.47. The molecule has 124 valence electrons. The van der Waals surface area contributed by atoms with Crippen molar-refractivity contribution in [1.82, 2.24) is 10.2 Å². The highest BCUT2D eigenvalue weighted by atomic mass is 16.5. The fourth-order valence-corrected chi connectivity index (χ4v) is 3.07. The summed E-state index contributed by atoms with van der Waals surface area (Å²) in [7, 11) is 3.40. The van der Waals surface area contributed by atoms with Gasteiger partial charge in [-0.15, -0.1) is 0 Å². The summed E-state index contributed by atoms with van der Waals surface area (Å²) in [6.45, 7) is 9.72. The lowest BCUT2D eigenvalue weighted by atomic mass is 9.85. The van der Waals surface area contributed by atoms with E-state index in [0.29, 0.717) is 6.61 Å². The second-order valence-corrected chi connectivity index (χ2v) is 6.93. The average molecular weight is 300 g/mol. The zero-order valence-corrected chi connectivity index (χ0v) is 14.5. The summed E-state index contributed by atoms with van der Waals surface area (Å²) < 4.78 is 10.7. The van der Waals surface area contributed by atoms with Crippen molar-refractivity contribution in [1.29, 1.82) is 0 Å². The van der Waals surface area contributed by atoms with Crippen LogP contribution in [0.2, 0.25) is 0 Å². The first-order chi connectivity index (χ1) is 9.77. The van der Waals surface area contributed by atoms with Gasteiger partial charge in [0, 0.05) is 26.3 Å². The van der Waals surface area contributed by atoms with Gasteiger partial charge in [-0.05, 0) is 46.5 Å². The van der Waals surface area contributed by atoms with Crippen LogP contribution in [-0.4, -0.2) is 55.5 Å². The number of nitrogens with one attached hydrogen (secondary N) is 1. The molecule has 1 saturated heterocycles. The van der Waals surface area contributed by atoms with E-state index in [1.54, 1.807) is 14.2 Å². The van der Waals surface area contributed by atoms with Crippen LogP contribution in [-0.2, 0) is 9.47 Å². The van der Waals surface area contributed by atoms with Crippen LogP contribution in [0.25, 0.3) is 0 Å². The summed E-state index contributed by atoms with van der Waals surface area (Å²) in [5.74, 6) is 0. The van der Waals surface area contributed by atoms with Crippen molar-refractivity contribution in [2.75, 3.05) is 27.4 Å². The molecule has 5 nitrogen and oxygen atoms in total. The standard InChI is InChI=1S/C16H32N2O3/c1-7-16(4,12-15(2,3)21-6)17-14(19)18-10-8-9-13(18)11-20-5/h13H,7-12H2,1-6H3,(H,17,19). The van der Waals surface area contributed by atoms with Crippen LogP contribution in [0.1, 0.15) is 53.4 Å². The normalized spacial score (nSPS) is 22.2. The number of ether oxygens (including phenoxy) is 2. The second kappa shape index (κ2) is 7.45. The SMILES string of the molecule is CCC(C)(CC(C)(C)OC)NC(=O)N1CCCC1COC. The molecular weight excluding hydrogens is 268 g/mol. The molecule has 21 heavy (non-hydrogen) atoms. The van der Waals surface area contributed by atoms with Crippen LogP contribution >= 0.6 is 0 Å². The molecule has 0 saturated carbocycles. The quantitative estimate of drug-likeness (QED) is 0.786. The van der Waals surface area contributed by atoms with Crippen LogP contribution < -0.4 is 5.32 Å². The molecule has 0 bridgehead atoms. The van der Waals surface area contributed by atoms with E-state index in [9.17, 15) is 4.79 Å². The summed E-state index contributed by atoms with van der Waals surface area (Å²) in [5.41, 5.74) is -0.522. The zero-order chi connectivity index (χ0) is 16.1. The lowest BCUT2D eigenvalue weighted by molar-refractivity contribution is -0.00606. The van der Waals surface area contributed by atoms with Gasteiger partial charge in [0.25, 0.3) is 0 Å². The maximum Gasteiger partial charge on any atom is 0.318 e. The summed E-state index contributed by atoms with van der Waals surface area (Å²) in [6, 6.07) is 0.220. The molecule has 1 aliphatic rings. The Bertz CT molecular complexity index is 346. The largest absolute Gasteiger partial charge is 0.383 e. The maximum atomic E-state index is 12.6. The van der Waals surface area contributed by atoms with Gasteiger partial charge in [-0.2, -0.15) is 0 Å². The number of rotatable bonds is 7. The topological polar surface area (TPSA) is 50.8 Å². The fourth-order valence-electron chi connectivity index (χ4n) is 3.07.